The molecule has 0 radical (unpaired) electrons. The van der Waals surface area contributed by atoms with Crippen LogP contribution in [0.1, 0.15) is 0 Å². The maximum atomic E-state index is 6.67. The van der Waals surface area contributed by atoms with Crippen LogP contribution in [0.3, 0.4) is 0 Å². The number of rotatable bonds is 4. The predicted octanol–water partition coefficient (Wildman–Crippen LogP) is 13.1. The molecule has 0 unspecified atom stereocenters. The zero-order valence-electron chi connectivity index (χ0n) is 27.6. The molecule has 11 rings (SSSR count). The van der Waals surface area contributed by atoms with Crippen LogP contribution < -0.4 is 0 Å². The second-order valence-electron chi connectivity index (χ2n) is 13.3. The van der Waals surface area contributed by atoms with Gasteiger partial charge in [-0.3, -0.25) is 0 Å². The van der Waals surface area contributed by atoms with E-state index in [1.54, 1.807) is 0 Å². The van der Waals surface area contributed by atoms with E-state index < -0.39 is 0 Å². The van der Waals surface area contributed by atoms with Crippen molar-refractivity contribution in [3.63, 3.8) is 0 Å². The van der Waals surface area contributed by atoms with E-state index in [9.17, 15) is 0 Å². The number of hydrogen-bond donors (Lipinski definition) is 0. The molecule has 0 aliphatic rings. The smallest absolute Gasteiger partial charge is 0.143 e. The van der Waals surface area contributed by atoms with Crippen LogP contribution in [-0.4, -0.2) is 9.13 Å². The third kappa shape index (κ3) is 4.19. The molecule has 0 fully saturated rings. The molecule has 0 spiro atoms. The molecule has 3 heterocycles. The van der Waals surface area contributed by atoms with Crippen LogP contribution in [0.15, 0.2) is 186 Å². The molecule has 0 aliphatic heterocycles. The Morgan fingerprint density at radius 1 is 0.314 bits per heavy atom. The molecular formula is C48H30N2O. The second-order valence-corrected chi connectivity index (χ2v) is 13.3. The highest BCUT2D eigenvalue weighted by molar-refractivity contribution is 6.15. The highest BCUT2D eigenvalue weighted by Crippen LogP contribution is 2.43. The lowest BCUT2D eigenvalue weighted by Gasteiger charge is -2.11. The van der Waals surface area contributed by atoms with Crippen molar-refractivity contribution in [3.05, 3.63) is 182 Å². The summed E-state index contributed by atoms with van der Waals surface area (Å²) >= 11 is 0. The highest BCUT2D eigenvalue weighted by Gasteiger charge is 2.19. The molecule has 3 nitrogen and oxygen atoms in total. The summed E-state index contributed by atoms with van der Waals surface area (Å²) < 4.78 is 11.4. The summed E-state index contributed by atoms with van der Waals surface area (Å²) in [6.07, 6.45) is 0. The number of hydrogen-bond acceptors (Lipinski definition) is 1. The van der Waals surface area contributed by atoms with Gasteiger partial charge in [-0.15, -0.1) is 0 Å². The zero-order valence-corrected chi connectivity index (χ0v) is 27.6. The second kappa shape index (κ2) is 10.8. The van der Waals surface area contributed by atoms with E-state index in [1.165, 1.54) is 49.2 Å². The van der Waals surface area contributed by atoms with Crippen LogP contribution in [0, 0.1) is 0 Å². The molecule has 0 amide bonds. The van der Waals surface area contributed by atoms with Crippen molar-refractivity contribution in [2.45, 2.75) is 0 Å². The van der Waals surface area contributed by atoms with Crippen molar-refractivity contribution in [2.24, 2.45) is 0 Å². The van der Waals surface area contributed by atoms with Gasteiger partial charge in [0, 0.05) is 49.3 Å². The summed E-state index contributed by atoms with van der Waals surface area (Å²) in [6.45, 7) is 0. The Morgan fingerprint density at radius 2 is 0.784 bits per heavy atom. The lowest BCUT2D eigenvalue weighted by molar-refractivity contribution is 0.670. The van der Waals surface area contributed by atoms with Gasteiger partial charge in [-0.25, -0.2) is 0 Å². The van der Waals surface area contributed by atoms with Gasteiger partial charge in [-0.1, -0.05) is 103 Å². The zero-order chi connectivity index (χ0) is 33.5. The summed E-state index contributed by atoms with van der Waals surface area (Å²) in [5.74, 6) is 0. The van der Waals surface area contributed by atoms with Crippen molar-refractivity contribution in [1.82, 2.24) is 9.13 Å². The highest BCUT2D eigenvalue weighted by atomic mass is 16.3. The van der Waals surface area contributed by atoms with Crippen molar-refractivity contribution in [2.75, 3.05) is 0 Å². The first-order valence-corrected chi connectivity index (χ1v) is 17.4. The molecule has 238 valence electrons. The fourth-order valence-electron chi connectivity index (χ4n) is 8.21. The minimum absolute atomic E-state index is 0.897. The van der Waals surface area contributed by atoms with Crippen molar-refractivity contribution in [3.8, 4) is 33.6 Å². The molecule has 11 aromatic rings. The van der Waals surface area contributed by atoms with Gasteiger partial charge in [0.05, 0.1) is 22.1 Å². The third-order valence-corrected chi connectivity index (χ3v) is 10.5. The van der Waals surface area contributed by atoms with Crippen LogP contribution in [0.25, 0.3) is 99.2 Å². The van der Waals surface area contributed by atoms with Crippen LogP contribution in [0.5, 0.6) is 0 Å². The number of para-hydroxylation sites is 5. The van der Waals surface area contributed by atoms with Crippen LogP contribution in [0.2, 0.25) is 0 Å². The SMILES string of the molecule is c1ccc(-n2c3ccccc3c3cc(-c4cc(-c5ccc6c(c5)c5ccccc5n6-c5ccccc5)c5oc6ccccc6c5c4)ccc32)cc1. The minimum Gasteiger partial charge on any atom is -0.455 e. The first-order valence-electron chi connectivity index (χ1n) is 17.4. The van der Waals surface area contributed by atoms with Crippen molar-refractivity contribution in [1.29, 1.82) is 0 Å². The number of benzene rings is 8. The van der Waals surface area contributed by atoms with Crippen LogP contribution in [0.4, 0.5) is 0 Å². The maximum absolute atomic E-state index is 6.67. The molecule has 0 saturated heterocycles. The van der Waals surface area contributed by atoms with Gasteiger partial charge < -0.3 is 13.6 Å². The largest absolute Gasteiger partial charge is 0.455 e. The molecule has 0 atom stereocenters. The van der Waals surface area contributed by atoms with E-state index in [2.05, 4.69) is 185 Å². The Balaban J connectivity index is 1.17. The Kier molecular flexibility index (Phi) is 5.96. The molecule has 51 heavy (non-hydrogen) atoms. The summed E-state index contributed by atoms with van der Waals surface area (Å²) in [6, 6.07) is 65.5. The average molecular weight is 651 g/mol. The molecule has 0 aliphatic carbocycles. The number of furan rings is 1. The fourth-order valence-corrected chi connectivity index (χ4v) is 8.21. The average Bonchev–Trinajstić information content (AvgIpc) is 3.85. The van der Waals surface area contributed by atoms with E-state index in [1.807, 2.05) is 6.07 Å². The Labute approximate surface area is 293 Å². The van der Waals surface area contributed by atoms with Gasteiger partial charge in [0.1, 0.15) is 11.2 Å². The fraction of sp³-hybridized carbons (Fsp3) is 0. The molecule has 3 heteroatoms. The van der Waals surface area contributed by atoms with Gasteiger partial charge in [-0.05, 0) is 95.6 Å². The Bertz CT molecular complexity index is 3130. The van der Waals surface area contributed by atoms with Crippen LogP contribution >= 0.6 is 0 Å². The van der Waals surface area contributed by atoms with E-state index in [0.29, 0.717) is 0 Å². The molecular weight excluding hydrogens is 621 g/mol. The quantitative estimate of drug-likeness (QED) is 0.186. The third-order valence-electron chi connectivity index (χ3n) is 10.5. The van der Waals surface area contributed by atoms with Crippen molar-refractivity contribution < 1.29 is 4.42 Å². The molecule has 0 bridgehead atoms. The topological polar surface area (TPSA) is 23.0 Å². The first-order chi connectivity index (χ1) is 25.3. The number of aromatic nitrogens is 2. The Hall–Kier alpha value is -6.84. The van der Waals surface area contributed by atoms with Crippen molar-refractivity contribution >= 4 is 65.6 Å². The molecule has 0 N–H and O–H groups in total. The van der Waals surface area contributed by atoms with Gasteiger partial charge >= 0.3 is 0 Å². The normalized spacial score (nSPS) is 11.9. The molecule has 0 saturated carbocycles. The van der Waals surface area contributed by atoms with E-state index in [4.69, 9.17) is 4.42 Å². The first kappa shape index (κ1) is 28.0. The monoisotopic (exact) mass is 650 g/mol. The van der Waals surface area contributed by atoms with Gasteiger partial charge in [0.25, 0.3) is 0 Å². The minimum atomic E-state index is 0.897. The summed E-state index contributed by atoms with van der Waals surface area (Å²) in [5.41, 5.74) is 13.5. The standard InChI is InChI=1S/C48H30N2O/c1-3-13-34(14-4-1)49-43-20-10-7-17-36(43)40-27-31(23-25-45(40)49)33-29-39(48-42(30-33)38-19-9-12-22-47(38)51-48)32-24-26-46-41(28-32)37-18-8-11-21-44(37)50(46)35-15-5-2-6-16-35/h1-30H. The van der Waals surface area contributed by atoms with Gasteiger partial charge in [0.2, 0.25) is 0 Å². The van der Waals surface area contributed by atoms with E-state index in [-0.39, 0.29) is 0 Å². The van der Waals surface area contributed by atoms with Gasteiger partial charge in [0.15, 0.2) is 0 Å². The van der Waals surface area contributed by atoms with Crippen LogP contribution in [-0.2, 0) is 0 Å². The lowest BCUT2D eigenvalue weighted by atomic mass is 9.94. The lowest BCUT2D eigenvalue weighted by Crippen LogP contribution is -1.93. The van der Waals surface area contributed by atoms with E-state index >= 15 is 0 Å². The molecule has 8 aromatic carbocycles. The number of fused-ring (bicyclic) bond motifs is 9. The molecule has 3 aromatic heterocycles. The summed E-state index contributed by atoms with van der Waals surface area (Å²) in [4.78, 5) is 0. The maximum Gasteiger partial charge on any atom is 0.143 e. The number of nitrogens with zero attached hydrogens (tertiary/aromatic N) is 2. The summed E-state index contributed by atoms with van der Waals surface area (Å²) in [5, 5.41) is 7.18. The van der Waals surface area contributed by atoms with E-state index in [0.717, 1.165) is 50.0 Å². The Morgan fingerprint density at radius 3 is 1.41 bits per heavy atom. The predicted molar refractivity (Wildman–Crippen MR) is 213 cm³/mol. The van der Waals surface area contributed by atoms with Gasteiger partial charge in [-0.2, -0.15) is 0 Å². The summed E-state index contributed by atoms with van der Waals surface area (Å²) in [7, 11) is 0.